The lowest BCUT2D eigenvalue weighted by Crippen LogP contribution is -2.28. The molecule has 0 aromatic heterocycles. The van der Waals surface area contributed by atoms with E-state index in [0.29, 0.717) is 11.8 Å². The number of hydrogen-bond acceptors (Lipinski definition) is 3. The zero-order chi connectivity index (χ0) is 15.0. The highest BCUT2D eigenvalue weighted by atomic mass is 16.3. The summed E-state index contributed by atoms with van der Waals surface area (Å²) in [5, 5.41) is 13.5. The van der Waals surface area contributed by atoms with Crippen molar-refractivity contribution in [2.45, 2.75) is 52.1 Å². The van der Waals surface area contributed by atoms with Crippen molar-refractivity contribution in [1.29, 1.82) is 0 Å². The molecule has 0 saturated carbocycles. The summed E-state index contributed by atoms with van der Waals surface area (Å²) < 4.78 is 0. The fourth-order valence-electron chi connectivity index (χ4n) is 2.28. The van der Waals surface area contributed by atoms with Gasteiger partial charge in [-0.1, -0.05) is 25.1 Å². The highest BCUT2D eigenvalue weighted by Crippen LogP contribution is 2.25. The first-order chi connectivity index (χ1) is 9.56. The zero-order valence-electron chi connectivity index (χ0n) is 13.4. The summed E-state index contributed by atoms with van der Waals surface area (Å²) in [6.07, 6.45) is 3.36. The lowest BCUT2D eigenvalue weighted by Gasteiger charge is -2.21. The van der Waals surface area contributed by atoms with Crippen molar-refractivity contribution in [2.75, 3.05) is 20.1 Å². The molecule has 1 rings (SSSR count). The third kappa shape index (κ3) is 5.51. The minimum Gasteiger partial charge on any atom is -0.508 e. The van der Waals surface area contributed by atoms with Crippen LogP contribution in [0, 0.1) is 0 Å². The van der Waals surface area contributed by atoms with Gasteiger partial charge in [0.2, 0.25) is 0 Å². The molecule has 1 aromatic carbocycles. The van der Waals surface area contributed by atoms with E-state index < -0.39 is 0 Å². The van der Waals surface area contributed by atoms with Crippen LogP contribution >= 0.6 is 0 Å². The number of aromatic hydroxyl groups is 1. The van der Waals surface area contributed by atoms with Crippen molar-refractivity contribution < 1.29 is 5.11 Å². The van der Waals surface area contributed by atoms with Gasteiger partial charge in [0.1, 0.15) is 5.75 Å². The number of benzene rings is 1. The third-order valence-electron chi connectivity index (χ3n) is 3.93. The first-order valence-electron chi connectivity index (χ1n) is 7.77. The molecular formula is C17H30N2O. The second-order valence-corrected chi connectivity index (χ2v) is 5.76. The summed E-state index contributed by atoms with van der Waals surface area (Å²) in [5.74, 6) is 0.395. The van der Waals surface area contributed by atoms with Gasteiger partial charge in [-0.15, -0.1) is 0 Å². The lowest BCUT2D eigenvalue weighted by molar-refractivity contribution is 0.267. The van der Waals surface area contributed by atoms with Gasteiger partial charge in [0, 0.05) is 17.6 Å². The molecule has 0 heterocycles. The molecule has 0 radical (unpaired) electrons. The highest BCUT2D eigenvalue weighted by molar-refractivity contribution is 5.34. The van der Waals surface area contributed by atoms with E-state index in [1.807, 2.05) is 18.2 Å². The van der Waals surface area contributed by atoms with Crippen LogP contribution < -0.4 is 5.32 Å². The number of phenolic OH excluding ortho intramolecular Hbond substituents is 1. The fourth-order valence-corrected chi connectivity index (χ4v) is 2.28. The Morgan fingerprint density at radius 1 is 1.20 bits per heavy atom. The van der Waals surface area contributed by atoms with E-state index in [2.05, 4.69) is 38.0 Å². The van der Waals surface area contributed by atoms with Crippen LogP contribution in [0.3, 0.4) is 0 Å². The molecule has 1 aromatic rings. The Balaban J connectivity index is 2.31. The van der Waals surface area contributed by atoms with Crippen molar-refractivity contribution in [3.8, 4) is 5.75 Å². The van der Waals surface area contributed by atoms with Crippen molar-refractivity contribution in [3.63, 3.8) is 0 Å². The maximum absolute atomic E-state index is 9.90. The Hall–Kier alpha value is -1.06. The molecule has 0 aliphatic rings. The largest absolute Gasteiger partial charge is 0.508 e. The maximum Gasteiger partial charge on any atom is 0.120 e. The van der Waals surface area contributed by atoms with E-state index in [1.165, 1.54) is 12.8 Å². The monoisotopic (exact) mass is 278 g/mol. The summed E-state index contributed by atoms with van der Waals surface area (Å²) in [7, 11) is 2.18. The molecule has 0 fully saturated rings. The number of rotatable bonds is 9. The Labute approximate surface area is 124 Å². The SMILES string of the molecule is CCC(NCCCCN(C)C(C)C)c1ccccc1O. The predicted molar refractivity (Wildman–Crippen MR) is 86.1 cm³/mol. The van der Waals surface area contributed by atoms with Crippen molar-refractivity contribution in [1.82, 2.24) is 10.2 Å². The van der Waals surface area contributed by atoms with Crippen LogP contribution in [0.2, 0.25) is 0 Å². The molecule has 3 heteroatoms. The molecule has 0 amide bonds. The number of unbranched alkanes of at least 4 members (excludes halogenated alkanes) is 1. The minimum absolute atomic E-state index is 0.249. The van der Waals surface area contributed by atoms with Crippen molar-refractivity contribution in [2.24, 2.45) is 0 Å². The summed E-state index contributed by atoms with van der Waals surface area (Å²) in [6.45, 7) is 8.75. The van der Waals surface area contributed by atoms with Crippen LogP contribution in [0.4, 0.5) is 0 Å². The van der Waals surface area contributed by atoms with E-state index in [4.69, 9.17) is 0 Å². The standard InChI is InChI=1S/C17H30N2O/c1-5-16(15-10-6-7-11-17(15)20)18-12-8-9-13-19(4)14(2)3/h6-7,10-11,14,16,18,20H,5,8-9,12-13H2,1-4H3. The first kappa shape index (κ1) is 17.0. The summed E-state index contributed by atoms with van der Waals surface area (Å²) in [6, 6.07) is 8.48. The van der Waals surface area contributed by atoms with Crippen LogP contribution in [0.5, 0.6) is 5.75 Å². The van der Waals surface area contributed by atoms with Gasteiger partial charge in [0.15, 0.2) is 0 Å². The molecule has 0 aliphatic heterocycles. The number of nitrogens with one attached hydrogen (secondary N) is 1. The second kappa shape index (κ2) is 8.98. The summed E-state index contributed by atoms with van der Waals surface area (Å²) in [5.41, 5.74) is 1.01. The summed E-state index contributed by atoms with van der Waals surface area (Å²) >= 11 is 0. The number of hydrogen-bond donors (Lipinski definition) is 2. The van der Waals surface area contributed by atoms with Crippen LogP contribution in [-0.2, 0) is 0 Å². The second-order valence-electron chi connectivity index (χ2n) is 5.76. The van der Waals surface area contributed by atoms with Crippen LogP contribution in [0.15, 0.2) is 24.3 Å². The molecule has 0 spiro atoms. The summed E-state index contributed by atoms with van der Waals surface area (Å²) in [4.78, 5) is 2.38. The van der Waals surface area contributed by atoms with E-state index in [1.54, 1.807) is 6.07 Å². The highest BCUT2D eigenvalue weighted by Gasteiger charge is 2.11. The van der Waals surface area contributed by atoms with Crippen LogP contribution in [0.25, 0.3) is 0 Å². The first-order valence-corrected chi connectivity index (χ1v) is 7.77. The number of nitrogens with zero attached hydrogens (tertiary/aromatic N) is 1. The van der Waals surface area contributed by atoms with E-state index >= 15 is 0 Å². The van der Waals surface area contributed by atoms with E-state index in [0.717, 1.165) is 25.1 Å². The molecule has 2 N–H and O–H groups in total. The maximum atomic E-state index is 9.90. The Kier molecular flexibility index (Phi) is 7.63. The number of phenols is 1. The van der Waals surface area contributed by atoms with Gasteiger partial charge >= 0.3 is 0 Å². The van der Waals surface area contributed by atoms with Gasteiger partial charge in [-0.05, 0) is 59.3 Å². The normalized spacial score (nSPS) is 13.1. The minimum atomic E-state index is 0.249. The van der Waals surface area contributed by atoms with Crippen LogP contribution in [0.1, 0.15) is 51.6 Å². The van der Waals surface area contributed by atoms with Gasteiger partial charge in [-0.25, -0.2) is 0 Å². The molecule has 0 saturated heterocycles. The Bertz CT molecular complexity index is 379. The average Bonchev–Trinajstić information content (AvgIpc) is 2.43. The van der Waals surface area contributed by atoms with E-state index in [9.17, 15) is 5.11 Å². The van der Waals surface area contributed by atoms with Gasteiger partial charge in [-0.2, -0.15) is 0 Å². The van der Waals surface area contributed by atoms with Gasteiger partial charge in [-0.3, -0.25) is 0 Å². The molecule has 1 atom stereocenters. The van der Waals surface area contributed by atoms with E-state index in [-0.39, 0.29) is 6.04 Å². The molecule has 3 nitrogen and oxygen atoms in total. The topological polar surface area (TPSA) is 35.5 Å². The average molecular weight is 278 g/mol. The Morgan fingerprint density at radius 3 is 2.50 bits per heavy atom. The number of para-hydroxylation sites is 1. The van der Waals surface area contributed by atoms with Gasteiger partial charge in [0.25, 0.3) is 0 Å². The van der Waals surface area contributed by atoms with Crippen molar-refractivity contribution in [3.05, 3.63) is 29.8 Å². The predicted octanol–water partition coefficient (Wildman–Crippen LogP) is 3.55. The van der Waals surface area contributed by atoms with Crippen LogP contribution in [-0.4, -0.2) is 36.2 Å². The van der Waals surface area contributed by atoms with Crippen molar-refractivity contribution >= 4 is 0 Å². The quantitative estimate of drug-likeness (QED) is 0.678. The molecule has 0 aliphatic carbocycles. The Morgan fingerprint density at radius 2 is 1.90 bits per heavy atom. The molecule has 0 bridgehead atoms. The molecule has 114 valence electrons. The third-order valence-corrected chi connectivity index (χ3v) is 3.93. The van der Waals surface area contributed by atoms with Gasteiger partial charge in [0.05, 0.1) is 0 Å². The molecular weight excluding hydrogens is 248 g/mol. The molecule has 20 heavy (non-hydrogen) atoms. The zero-order valence-corrected chi connectivity index (χ0v) is 13.4. The lowest BCUT2D eigenvalue weighted by atomic mass is 10.0. The van der Waals surface area contributed by atoms with Gasteiger partial charge < -0.3 is 15.3 Å². The smallest absolute Gasteiger partial charge is 0.120 e. The fraction of sp³-hybridized carbons (Fsp3) is 0.647. The molecule has 1 unspecified atom stereocenters.